The Bertz CT molecular complexity index is 453. The van der Waals surface area contributed by atoms with Gasteiger partial charge in [0.25, 0.3) is 0 Å². The summed E-state index contributed by atoms with van der Waals surface area (Å²) in [5.74, 6) is -2.44. The Morgan fingerprint density at radius 1 is 1.45 bits per heavy atom. The number of esters is 1. The molecule has 1 N–H and O–H groups in total. The lowest BCUT2D eigenvalue weighted by atomic mass is 9.70. The third-order valence-corrected chi connectivity index (χ3v) is 5.54. The summed E-state index contributed by atoms with van der Waals surface area (Å²) in [5, 5.41) is 3.95. The average molecular weight is 310 g/mol. The van der Waals surface area contributed by atoms with E-state index in [1.807, 2.05) is 13.8 Å². The van der Waals surface area contributed by atoms with Gasteiger partial charge in [0.1, 0.15) is 12.0 Å². The molecule has 2 aliphatic carbocycles. The number of halogens is 2. The first-order chi connectivity index (χ1) is 9.08. The first-order valence-corrected chi connectivity index (χ1v) is 6.94. The summed E-state index contributed by atoms with van der Waals surface area (Å²) in [6.45, 7) is 5.56. The number of hydrogen-bond acceptors (Lipinski definition) is 6. The van der Waals surface area contributed by atoms with Gasteiger partial charge in [0, 0.05) is 11.3 Å². The van der Waals surface area contributed by atoms with Crippen LogP contribution in [0, 0.1) is 16.7 Å². The molecule has 2 fully saturated rings. The van der Waals surface area contributed by atoms with Crippen LogP contribution in [0.1, 0.15) is 33.6 Å². The van der Waals surface area contributed by atoms with Gasteiger partial charge in [-0.25, -0.2) is 10.1 Å². The fraction of sp³-hybridized carbons (Fsp3) is 0.833. The Morgan fingerprint density at radius 3 is 2.50 bits per heavy atom. The van der Waals surface area contributed by atoms with Gasteiger partial charge in [0.15, 0.2) is 11.9 Å². The molecule has 0 radical (unpaired) electrons. The van der Waals surface area contributed by atoms with Gasteiger partial charge < -0.3 is 4.74 Å². The molecule has 20 heavy (non-hydrogen) atoms. The molecule has 114 valence electrons. The van der Waals surface area contributed by atoms with E-state index in [0.29, 0.717) is 12.8 Å². The van der Waals surface area contributed by atoms with E-state index in [-0.39, 0.29) is 11.7 Å². The molecular formula is C12H16F2O5S. The molecule has 3 atom stereocenters. The molecular weight excluding hydrogens is 294 g/mol. The largest absolute Gasteiger partial charge is 0.449 e. The molecule has 8 heteroatoms. The van der Waals surface area contributed by atoms with Crippen molar-refractivity contribution < 1.29 is 32.7 Å². The van der Waals surface area contributed by atoms with Crippen molar-refractivity contribution in [2.45, 2.75) is 45.0 Å². The highest BCUT2D eigenvalue weighted by molar-refractivity contribution is 7.96. The quantitative estimate of drug-likeness (QED) is 0.372. The van der Waals surface area contributed by atoms with Gasteiger partial charge >= 0.3 is 11.2 Å². The van der Waals surface area contributed by atoms with Crippen LogP contribution in [-0.2, 0) is 18.7 Å². The molecule has 5 nitrogen and oxygen atoms in total. The number of rotatable bonds is 4. The molecule has 0 saturated heterocycles. The zero-order chi connectivity index (χ0) is 15.3. The van der Waals surface area contributed by atoms with Crippen LogP contribution in [0.3, 0.4) is 0 Å². The van der Waals surface area contributed by atoms with Crippen LogP contribution in [-0.4, -0.2) is 28.4 Å². The van der Waals surface area contributed by atoms with Crippen LogP contribution in [0.4, 0.5) is 8.78 Å². The second-order valence-electron chi connectivity index (χ2n) is 6.06. The Morgan fingerprint density at radius 2 is 2.05 bits per heavy atom. The topological polar surface area (TPSA) is 72.8 Å². The van der Waals surface area contributed by atoms with Crippen LogP contribution >= 0.6 is 12.0 Å². The van der Waals surface area contributed by atoms with Crippen LogP contribution < -0.4 is 0 Å². The van der Waals surface area contributed by atoms with Crippen molar-refractivity contribution in [3.05, 3.63) is 0 Å². The number of hydrogen-bond donors (Lipinski definition) is 1. The number of carbonyl (C=O) groups excluding carboxylic acids is 2. The van der Waals surface area contributed by atoms with Crippen molar-refractivity contribution in [2.75, 3.05) is 0 Å². The highest BCUT2D eigenvalue weighted by Gasteiger charge is 2.68. The molecule has 2 bridgehead atoms. The van der Waals surface area contributed by atoms with Gasteiger partial charge in [0.2, 0.25) is 0 Å². The Balaban J connectivity index is 2.17. The Hall–Kier alpha value is -0.730. The van der Waals surface area contributed by atoms with Crippen molar-refractivity contribution in [3.63, 3.8) is 0 Å². The predicted molar refractivity (Wildman–Crippen MR) is 65.8 cm³/mol. The highest BCUT2D eigenvalue weighted by atomic mass is 32.2. The van der Waals surface area contributed by atoms with E-state index in [0.717, 1.165) is 0 Å². The number of Topliss-reactive ketones (excluding diaryl/α,β-unsaturated/α-hetero) is 1. The Labute approximate surface area is 119 Å². The van der Waals surface area contributed by atoms with Crippen LogP contribution in [0.25, 0.3) is 0 Å². The molecule has 0 aromatic carbocycles. The minimum Gasteiger partial charge on any atom is -0.449 e. The number of fused-ring (bicyclic) bond motifs is 2. The van der Waals surface area contributed by atoms with Crippen LogP contribution in [0.5, 0.6) is 0 Å². The maximum Gasteiger partial charge on any atom is 0.415 e. The van der Waals surface area contributed by atoms with E-state index in [1.165, 1.54) is 0 Å². The third kappa shape index (κ3) is 1.96. The van der Waals surface area contributed by atoms with Crippen molar-refractivity contribution in [3.8, 4) is 0 Å². The molecule has 3 unspecified atom stereocenters. The summed E-state index contributed by atoms with van der Waals surface area (Å²) in [6, 6.07) is 0. The number of carbonyl (C=O) groups is 2. The van der Waals surface area contributed by atoms with Gasteiger partial charge in [-0.05, 0) is 18.3 Å². The predicted octanol–water partition coefficient (Wildman–Crippen LogP) is 2.65. The molecule has 0 aliphatic heterocycles. The SMILES string of the molecule is CC12CCC(C(OC(=O)C(F)(F)SOO)C1=O)C2(C)C. The molecule has 2 aliphatic rings. The molecule has 0 spiro atoms. The summed E-state index contributed by atoms with van der Waals surface area (Å²) in [7, 11) is 0. The van der Waals surface area contributed by atoms with E-state index in [1.54, 1.807) is 6.92 Å². The zero-order valence-corrected chi connectivity index (χ0v) is 12.1. The molecule has 0 heterocycles. The maximum absolute atomic E-state index is 13.2. The Kier molecular flexibility index (Phi) is 3.63. The fourth-order valence-corrected chi connectivity index (χ4v) is 3.61. The van der Waals surface area contributed by atoms with E-state index >= 15 is 0 Å². The molecule has 0 amide bonds. The lowest BCUT2D eigenvalue weighted by Crippen LogP contribution is -2.40. The molecule has 0 aromatic rings. The highest BCUT2D eigenvalue weighted by Crippen LogP contribution is 2.64. The first kappa shape index (κ1) is 15.7. The lowest BCUT2D eigenvalue weighted by Gasteiger charge is -2.31. The summed E-state index contributed by atoms with van der Waals surface area (Å²) in [4.78, 5) is 23.7. The average Bonchev–Trinajstić information content (AvgIpc) is 2.63. The third-order valence-electron chi connectivity index (χ3n) is 5.09. The number of ether oxygens (including phenoxy) is 1. The summed E-state index contributed by atoms with van der Waals surface area (Å²) in [6.07, 6.45) is 0.173. The van der Waals surface area contributed by atoms with Gasteiger partial charge in [0.05, 0.1) is 0 Å². The van der Waals surface area contributed by atoms with Crippen LogP contribution in [0.2, 0.25) is 0 Å². The fourth-order valence-electron chi connectivity index (χ4n) is 3.40. The minimum atomic E-state index is -4.05. The summed E-state index contributed by atoms with van der Waals surface area (Å²) in [5.41, 5.74) is -1.05. The summed E-state index contributed by atoms with van der Waals surface area (Å²) >= 11 is -0.718. The van der Waals surface area contributed by atoms with Crippen molar-refractivity contribution in [2.24, 2.45) is 16.7 Å². The van der Waals surface area contributed by atoms with Gasteiger partial charge in [-0.2, -0.15) is 13.1 Å². The second-order valence-corrected chi connectivity index (χ2v) is 6.89. The molecule has 2 rings (SSSR count). The van der Waals surface area contributed by atoms with Gasteiger partial charge in [-0.1, -0.05) is 20.8 Å². The van der Waals surface area contributed by atoms with E-state index < -0.39 is 40.2 Å². The second kappa shape index (κ2) is 4.64. The normalized spacial score (nSPS) is 35.4. The van der Waals surface area contributed by atoms with Crippen molar-refractivity contribution in [1.29, 1.82) is 0 Å². The number of ketones is 1. The number of alkyl halides is 2. The zero-order valence-electron chi connectivity index (χ0n) is 11.3. The van der Waals surface area contributed by atoms with Gasteiger partial charge in [-0.15, -0.1) is 0 Å². The smallest absolute Gasteiger partial charge is 0.415 e. The standard InChI is InChI=1S/C12H16F2O5S/c1-10(2)6-4-5-11(10,3)8(15)7(6)18-9(16)12(13,14)20-19-17/h6-7,17H,4-5H2,1-3H3. The van der Waals surface area contributed by atoms with Crippen LogP contribution in [0.15, 0.2) is 0 Å². The molecule has 0 aromatic heterocycles. The minimum absolute atomic E-state index is 0.264. The summed E-state index contributed by atoms with van der Waals surface area (Å²) < 4.78 is 34.4. The monoisotopic (exact) mass is 310 g/mol. The van der Waals surface area contributed by atoms with E-state index in [4.69, 9.17) is 9.99 Å². The van der Waals surface area contributed by atoms with E-state index in [9.17, 15) is 18.4 Å². The lowest BCUT2D eigenvalue weighted by molar-refractivity contribution is -0.175. The van der Waals surface area contributed by atoms with E-state index in [2.05, 4.69) is 4.33 Å². The van der Waals surface area contributed by atoms with Gasteiger partial charge in [-0.3, -0.25) is 4.79 Å². The van der Waals surface area contributed by atoms with Crippen molar-refractivity contribution >= 4 is 23.8 Å². The molecule has 2 saturated carbocycles. The first-order valence-electron chi connectivity index (χ1n) is 6.20. The van der Waals surface area contributed by atoms with Crippen molar-refractivity contribution in [1.82, 2.24) is 0 Å². The maximum atomic E-state index is 13.2.